The second-order valence-electron chi connectivity index (χ2n) is 3.53. The van der Waals surface area contributed by atoms with Crippen molar-refractivity contribution in [1.82, 2.24) is 4.72 Å². The molecule has 1 N–H and O–H groups in total. The predicted octanol–water partition coefficient (Wildman–Crippen LogP) is 2.23. The Bertz CT molecular complexity index is 283. The van der Waals surface area contributed by atoms with E-state index in [0.29, 0.717) is 0 Å². The van der Waals surface area contributed by atoms with Crippen LogP contribution in [0.15, 0.2) is 25.3 Å². The van der Waals surface area contributed by atoms with Crippen LogP contribution >= 0.6 is 0 Å². The normalized spacial score (nSPS) is 13.4. The van der Waals surface area contributed by atoms with Gasteiger partial charge in [-0.2, -0.15) is 0 Å². The maximum absolute atomic E-state index is 11.4. The molecule has 0 aromatic rings. The van der Waals surface area contributed by atoms with E-state index in [4.69, 9.17) is 0 Å². The van der Waals surface area contributed by atoms with Crippen molar-refractivity contribution in [3.8, 4) is 0 Å². The third-order valence-electron chi connectivity index (χ3n) is 2.07. The van der Waals surface area contributed by atoms with Gasteiger partial charge in [0.25, 0.3) is 0 Å². The van der Waals surface area contributed by atoms with Gasteiger partial charge in [0, 0.05) is 6.04 Å². The monoisotopic (exact) mass is 231 g/mol. The van der Waals surface area contributed by atoms with Crippen LogP contribution in [0.4, 0.5) is 0 Å². The zero-order chi connectivity index (χ0) is 11.7. The van der Waals surface area contributed by atoms with Gasteiger partial charge in [0.15, 0.2) is 0 Å². The van der Waals surface area contributed by atoms with Gasteiger partial charge < -0.3 is 0 Å². The standard InChI is InChI=1S/C11H21NO2S/c1-4-7-8-9-11(6-3)12-15(13,14)10-5-2/h5-6,11-12H,2-4,7-10H2,1H3. The summed E-state index contributed by atoms with van der Waals surface area (Å²) in [5.74, 6) is -0.0366. The second-order valence-corrected chi connectivity index (χ2v) is 5.32. The van der Waals surface area contributed by atoms with Crippen LogP contribution in [0.2, 0.25) is 0 Å². The smallest absolute Gasteiger partial charge is 0.212 e. The molecule has 4 heteroatoms. The zero-order valence-electron chi connectivity index (χ0n) is 9.41. The van der Waals surface area contributed by atoms with E-state index in [1.807, 2.05) is 0 Å². The molecule has 0 aliphatic rings. The van der Waals surface area contributed by atoms with E-state index in [2.05, 4.69) is 24.8 Å². The molecule has 0 heterocycles. The molecule has 0 aromatic heterocycles. The van der Waals surface area contributed by atoms with Crippen molar-refractivity contribution in [1.29, 1.82) is 0 Å². The average molecular weight is 231 g/mol. The highest BCUT2D eigenvalue weighted by Gasteiger charge is 2.13. The lowest BCUT2D eigenvalue weighted by Crippen LogP contribution is -2.34. The van der Waals surface area contributed by atoms with E-state index in [1.165, 1.54) is 6.08 Å². The summed E-state index contributed by atoms with van der Waals surface area (Å²) in [5, 5.41) is 0. The van der Waals surface area contributed by atoms with Gasteiger partial charge >= 0.3 is 0 Å². The highest BCUT2D eigenvalue weighted by atomic mass is 32.2. The van der Waals surface area contributed by atoms with Crippen molar-refractivity contribution in [3.05, 3.63) is 25.3 Å². The second kappa shape index (κ2) is 7.65. The van der Waals surface area contributed by atoms with Gasteiger partial charge in [-0.1, -0.05) is 38.3 Å². The maximum Gasteiger partial charge on any atom is 0.215 e. The van der Waals surface area contributed by atoms with E-state index in [1.54, 1.807) is 6.08 Å². The Morgan fingerprint density at radius 3 is 2.47 bits per heavy atom. The van der Waals surface area contributed by atoms with Crippen molar-refractivity contribution in [2.45, 2.75) is 38.6 Å². The number of sulfonamides is 1. The average Bonchev–Trinajstić information content (AvgIpc) is 2.16. The largest absolute Gasteiger partial charge is 0.215 e. The van der Waals surface area contributed by atoms with Gasteiger partial charge in [-0.3, -0.25) is 0 Å². The Morgan fingerprint density at radius 1 is 1.33 bits per heavy atom. The highest BCUT2D eigenvalue weighted by Crippen LogP contribution is 2.05. The van der Waals surface area contributed by atoms with E-state index in [9.17, 15) is 8.42 Å². The molecule has 88 valence electrons. The third-order valence-corrected chi connectivity index (χ3v) is 3.41. The van der Waals surface area contributed by atoms with E-state index in [0.717, 1.165) is 25.7 Å². The van der Waals surface area contributed by atoms with Crippen molar-refractivity contribution in [3.63, 3.8) is 0 Å². The summed E-state index contributed by atoms with van der Waals surface area (Å²) >= 11 is 0. The lowest BCUT2D eigenvalue weighted by Gasteiger charge is -2.13. The molecule has 1 atom stereocenters. The van der Waals surface area contributed by atoms with Crippen LogP contribution in [-0.2, 0) is 10.0 Å². The molecule has 0 saturated carbocycles. The van der Waals surface area contributed by atoms with E-state index >= 15 is 0 Å². The topological polar surface area (TPSA) is 46.2 Å². The Balaban J connectivity index is 4.08. The fourth-order valence-electron chi connectivity index (χ4n) is 1.27. The van der Waals surface area contributed by atoms with Crippen LogP contribution in [0.1, 0.15) is 32.6 Å². The van der Waals surface area contributed by atoms with Gasteiger partial charge in [0.1, 0.15) is 0 Å². The molecule has 0 bridgehead atoms. The van der Waals surface area contributed by atoms with Gasteiger partial charge in [0.2, 0.25) is 10.0 Å². The van der Waals surface area contributed by atoms with Crippen LogP contribution in [0.5, 0.6) is 0 Å². The molecular weight excluding hydrogens is 210 g/mol. The first-order chi connectivity index (χ1) is 7.05. The first kappa shape index (κ1) is 14.4. The van der Waals surface area contributed by atoms with Crippen molar-refractivity contribution >= 4 is 10.0 Å². The number of unbranched alkanes of at least 4 members (excludes halogenated alkanes) is 2. The first-order valence-corrected chi connectivity index (χ1v) is 6.94. The van der Waals surface area contributed by atoms with Crippen molar-refractivity contribution in [2.24, 2.45) is 0 Å². The molecule has 1 unspecified atom stereocenters. The fourth-order valence-corrected chi connectivity index (χ4v) is 2.35. The van der Waals surface area contributed by atoms with Gasteiger partial charge in [0.05, 0.1) is 5.75 Å². The van der Waals surface area contributed by atoms with Crippen LogP contribution < -0.4 is 4.72 Å². The SMILES string of the molecule is C=CCS(=O)(=O)NC(C=C)CCCCC. The molecule has 0 fully saturated rings. The van der Waals surface area contributed by atoms with E-state index < -0.39 is 10.0 Å². The molecule has 0 spiro atoms. The summed E-state index contributed by atoms with van der Waals surface area (Å²) in [6.07, 6.45) is 7.11. The number of nitrogens with one attached hydrogen (secondary N) is 1. The van der Waals surface area contributed by atoms with Crippen molar-refractivity contribution in [2.75, 3.05) is 5.75 Å². The molecule has 0 radical (unpaired) electrons. The molecule has 15 heavy (non-hydrogen) atoms. The van der Waals surface area contributed by atoms with Gasteiger partial charge in [-0.05, 0) is 6.42 Å². The Hall–Kier alpha value is -0.610. The Morgan fingerprint density at radius 2 is 2.00 bits per heavy atom. The highest BCUT2D eigenvalue weighted by molar-refractivity contribution is 7.89. The molecule has 0 amide bonds. The molecule has 0 saturated heterocycles. The zero-order valence-corrected chi connectivity index (χ0v) is 10.2. The van der Waals surface area contributed by atoms with Gasteiger partial charge in [-0.15, -0.1) is 13.2 Å². The minimum Gasteiger partial charge on any atom is -0.212 e. The summed E-state index contributed by atoms with van der Waals surface area (Å²) in [7, 11) is -3.22. The van der Waals surface area contributed by atoms with Crippen LogP contribution in [0.25, 0.3) is 0 Å². The first-order valence-electron chi connectivity index (χ1n) is 5.29. The minimum atomic E-state index is -3.22. The minimum absolute atomic E-state index is 0.0366. The van der Waals surface area contributed by atoms with Crippen molar-refractivity contribution < 1.29 is 8.42 Å². The quantitative estimate of drug-likeness (QED) is 0.488. The summed E-state index contributed by atoms with van der Waals surface area (Å²) in [6.45, 7) is 9.16. The summed E-state index contributed by atoms with van der Waals surface area (Å²) in [5.41, 5.74) is 0. The van der Waals surface area contributed by atoms with Crippen LogP contribution in [0.3, 0.4) is 0 Å². The summed E-state index contributed by atoms with van der Waals surface area (Å²) in [4.78, 5) is 0. The summed E-state index contributed by atoms with van der Waals surface area (Å²) < 4.78 is 25.4. The molecular formula is C11H21NO2S. The maximum atomic E-state index is 11.4. The summed E-state index contributed by atoms with van der Waals surface area (Å²) in [6, 6.07) is -0.151. The number of hydrogen-bond donors (Lipinski definition) is 1. The third kappa shape index (κ3) is 7.33. The Kier molecular flexibility index (Phi) is 7.34. The lowest BCUT2D eigenvalue weighted by atomic mass is 10.1. The molecule has 0 aromatic carbocycles. The lowest BCUT2D eigenvalue weighted by molar-refractivity contribution is 0.550. The number of hydrogen-bond acceptors (Lipinski definition) is 2. The van der Waals surface area contributed by atoms with Crippen LogP contribution in [0, 0.1) is 0 Å². The van der Waals surface area contributed by atoms with Crippen LogP contribution in [-0.4, -0.2) is 20.2 Å². The fraction of sp³-hybridized carbons (Fsp3) is 0.636. The van der Waals surface area contributed by atoms with Gasteiger partial charge in [-0.25, -0.2) is 13.1 Å². The predicted molar refractivity (Wildman–Crippen MR) is 65.2 cm³/mol. The van der Waals surface area contributed by atoms with E-state index in [-0.39, 0.29) is 11.8 Å². The Labute approximate surface area is 93.3 Å². The molecule has 0 rings (SSSR count). The number of rotatable bonds is 9. The molecule has 3 nitrogen and oxygen atoms in total. The molecule has 0 aliphatic carbocycles. The molecule has 0 aliphatic heterocycles.